The van der Waals surface area contributed by atoms with Crippen molar-refractivity contribution < 1.29 is 26.8 Å². The Kier molecular flexibility index (Phi) is 12.0. The average molecular weight is 579 g/mol. The van der Waals surface area contributed by atoms with Crippen molar-refractivity contribution in [1.82, 2.24) is 19.8 Å². The van der Waals surface area contributed by atoms with Crippen molar-refractivity contribution in [3.05, 3.63) is 71.3 Å². The molecule has 0 aromatic heterocycles. The number of nitrogens with zero attached hydrogens (tertiary/aromatic N) is 2. The van der Waals surface area contributed by atoms with E-state index in [1.807, 2.05) is 12.1 Å². The summed E-state index contributed by atoms with van der Waals surface area (Å²) < 4.78 is 51.6. The Hall–Kier alpha value is -2.89. The summed E-state index contributed by atoms with van der Waals surface area (Å²) in [5, 5.41) is 6.27. The van der Waals surface area contributed by atoms with Crippen LogP contribution in [0, 0.1) is 11.6 Å². The first-order valence-electron chi connectivity index (χ1n) is 13.8. The van der Waals surface area contributed by atoms with Crippen LogP contribution in [-0.4, -0.2) is 81.0 Å². The van der Waals surface area contributed by atoms with Gasteiger partial charge < -0.3 is 15.5 Å². The number of sulfonamides is 1. The highest BCUT2D eigenvalue weighted by Gasteiger charge is 2.31. The van der Waals surface area contributed by atoms with E-state index in [0.717, 1.165) is 44.2 Å². The minimum absolute atomic E-state index is 0.208. The first-order chi connectivity index (χ1) is 19.1. The Morgan fingerprint density at radius 1 is 0.900 bits per heavy atom. The summed E-state index contributed by atoms with van der Waals surface area (Å²) in [5.41, 5.74) is 1.35. The van der Waals surface area contributed by atoms with Crippen LogP contribution in [0.2, 0.25) is 0 Å². The molecule has 220 valence electrons. The molecule has 1 aliphatic heterocycles. The fourth-order valence-corrected chi connectivity index (χ4v) is 5.73. The van der Waals surface area contributed by atoms with Gasteiger partial charge in [-0.3, -0.25) is 9.59 Å². The number of rotatable bonds is 14. The van der Waals surface area contributed by atoms with Crippen molar-refractivity contribution >= 4 is 21.8 Å². The van der Waals surface area contributed by atoms with E-state index in [2.05, 4.69) is 17.6 Å². The van der Waals surface area contributed by atoms with Crippen molar-refractivity contribution in [2.75, 3.05) is 45.5 Å². The highest BCUT2D eigenvalue weighted by molar-refractivity contribution is 7.88. The standard InChI is InChI=1S/C29H40F2N4O4S/c1-3-6-24(22-8-12-25(30)13-9-22)21-32-16-5-4-7-27(33-28(36)23-10-14-26(31)15-11-23)29(37)34-17-19-35(20-18-34)40(2,38)39/h8-15,24,27,32H,3-7,16-21H2,1-2H3,(H,33,36)/t24-,27+/m1/s1. The van der Waals surface area contributed by atoms with Crippen LogP contribution in [0.4, 0.5) is 8.78 Å². The Bertz CT molecular complexity index is 1200. The molecule has 2 aromatic rings. The highest BCUT2D eigenvalue weighted by atomic mass is 32.2. The SMILES string of the molecule is CCC[C@H](CNCCCC[C@H](NC(=O)c1ccc(F)cc1)C(=O)N1CCN(S(C)(=O)=O)CC1)c1ccc(F)cc1. The van der Waals surface area contributed by atoms with Crippen LogP contribution in [-0.2, 0) is 14.8 Å². The first kappa shape index (κ1) is 31.6. The van der Waals surface area contributed by atoms with Gasteiger partial charge in [-0.25, -0.2) is 17.2 Å². The highest BCUT2D eigenvalue weighted by Crippen LogP contribution is 2.21. The van der Waals surface area contributed by atoms with E-state index in [1.54, 1.807) is 4.90 Å². The lowest BCUT2D eigenvalue weighted by Gasteiger charge is -2.35. The Labute approximate surface area is 236 Å². The maximum absolute atomic E-state index is 13.4. The van der Waals surface area contributed by atoms with E-state index < -0.39 is 27.8 Å². The summed E-state index contributed by atoms with van der Waals surface area (Å²) in [6.45, 7) is 4.52. The lowest BCUT2D eigenvalue weighted by molar-refractivity contribution is -0.134. The molecule has 0 unspecified atom stereocenters. The fraction of sp³-hybridized carbons (Fsp3) is 0.517. The summed E-state index contributed by atoms with van der Waals surface area (Å²) in [6.07, 6.45) is 5.01. The van der Waals surface area contributed by atoms with Crippen LogP contribution in [0.25, 0.3) is 0 Å². The monoisotopic (exact) mass is 578 g/mol. The molecule has 2 amide bonds. The van der Waals surface area contributed by atoms with Gasteiger partial charge in [-0.05, 0) is 80.1 Å². The molecule has 1 heterocycles. The van der Waals surface area contributed by atoms with E-state index in [0.29, 0.717) is 12.8 Å². The van der Waals surface area contributed by atoms with Crippen molar-refractivity contribution in [3.63, 3.8) is 0 Å². The largest absolute Gasteiger partial charge is 0.340 e. The quantitative estimate of drug-likeness (QED) is 0.335. The lowest BCUT2D eigenvalue weighted by atomic mass is 9.94. The third kappa shape index (κ3) is 9.64. The number of carbonyl (C=O) groups is 2. The van der Waals surface area contributed by atoms with Crippen molar-refractivity contribution in [3.8, 4) is 0 Å². The zero-order valence-corrected chi connectivity index (χ0v) is 24.1. The molecular weight excluding hydrogens is 538 g/mol. The van der Waals surface area contributed by atoms with Gasteiger partial charge in [0.25, 0.3) is 5.91 Å². The normalized spacial score (nSPS) is 15.9. The Balaban J connectivity index is 1.54. The predicted molar refractivity (Wildman–Crippen MR) is 151 cm³/mol. The van der Waals surface area contributed by atoms with Gasteiger partial charge >= 0.3 is 0 Å². The molecule has 2 atom stereocenters. The van der Waals surface area contributed by atoms with Crippen LogP contribution in [0.1, 0.15) is 60.9 Å². The molecule has 1 saturated heterocycles. The zero-order valence-electron chi connectivity index (χ0n) is 23.2. The Morgan fingerprint density at radius 2 is 1.50 bits per heavy atom. The minimum Gasteiger partial charge on any atom is -0.340 e. The van der Waals surface area contributed by atoms with E-state index >= 15 is 0 Å². The molecule has 8 nitrogen and oxygen atoms in total. The van der Waals surface area contributed by atoms with Crippen LogP contribution in [0.15, 0.2) is 48.5 Å². The number of carbonyl (C=O) groups excluding carboxylic acids is 2. The van der Waals surface area contributed by atoms with E-state index in [-0.39, 0.29) is 49.4 Å². The third-order valence-corrected chi connectivity index (χ3v) is 8.50. The van der Waals surface area contributed by atoms with E-state index in [1.165, 1.54) is 40.7 Å². The zero-order chi connectivity index (χ0) is 29.1. The van der Waals surface area contributed by atoms with Crippen LogP contribution >= 0.6 is 0 Å². The summed E-state index contributed by atoms with van der Waals surface area (Å²) >= 11 is 0. The number of piperazine rings is 1. The van der Waals surface area contributed by atoms with Gasteiger partial charge in [-0.1, -0.05) is 25.5 Å². The average Bonchev–Trinajstić information content (AvgIpc) is 2.93. The molecular formula is C29H40F2N4O4S. The fourth-order valence-electron chi connectivity index (χ4n) is 4.91. The van der Waals surface area contributed by atoms with Crippen LogP contribution in [0.3, 0.4) is 0 Å². The molecule has 11 heteroatoms. The maximum atomic E-state index is 13.4. The van der Waals surface area contributed by atoms with Gasteiger partial charge in [-0.2, -0.15) is 4.31 Å². The van der Waals surface area contributed by atoms with Gasteiger partial charge in [-0.15, -0.1) is 0 Å². The van der Waals surface area contributed by atoms with Crippen LogP contribution in [0.5, 0.6) is 0 Å². The minimum atomic E-state index is -3.34. The molecule has 2 aromatic carbocycles. The first-order valence-corrected chi connectivity index (χ1v) is 15.7. The summed E-state index contributed by atoms with van der Waals surface area (Å²) in [7, 11) is -3.34. The topological polar surface area (TPSA) is 98.8 Å². The number of hydrogen-bond donors (Lipinski definition) is 2. The molecule has 1 fully saturated rings. The second kappa shape index (κ2) is 15.2. The molecule has 0 bridgehead atoms. The lowest BCUT2D eigenvalue weighted by Crippen LogP contribution is -2.55. The maximum Gasteiger partial charge on any atom is 0.251 e. The molecule has 0 radical (unpaired) electrons. The second-order valence-electron chi connectivity index (χ2n) is 10.3. The van der Waals surface area contributed by atoms with Gasteiger partial charge in [0, 0.05) is 38.3 Å². The van der Waals surface area contributed by atoms with Crippen LogP contribution < -0.4 is 10.6 Å². The molecule has 0 spiro atoms. The van der Waals surface area contributed by atoms with Gasteiger partial charge in [0.2, 0.25) is 15.9 Å². The molecule has 40 heavy (non-hydrogen) atoms. The molecule has 2 N–H and O–H groups in total. The predicted octanol–water partition coefficient (Wildman–Crippen LogP) is 3.51. The number of amides is 2. The molecule has 0 saturated carbocycles. The van der Waals surface area contributed by atoms with Gasteiger partial charge in [0.15, 0.2) is 0 Å². The number of unbranched alkanes of at least 4 members (excludes halogenated alkanes) is 1. The number of halogens is 2. The molecule has 0 aliphatic carbocycles. The van der Waals surface area contributed by atoms with Crippen molar-refractivity contribution in [1.29, 1.82) is 0 Å². The van der Waals surface area contributed by atoms with Crippen molar-refractivity contribution in [2.24, 2.45) is 0 Å². The summed E-state index contributed by atoms with van der Waals surface area (Å²) in [6, 6.07) is 11.0. The third-order valence-electron chi connectivity index (χ3n) is 7.19. The van der Waals surface area contributed by atoms with E-state index in [4.69, 9.17) is 0 Å². The number of nitrogens with one attached hydrogen (secondary N) is 2. The number of benzene rings is 2. The van der Waals surface area contributed by atoms with Gasteiger partial charge in [0.1, 0.15) is 17.7 Å². The summed E-state index contributed by atoms with van der Waals surface area (Å²) in [5.74, 6) is -1.15. The molecule has 3 rings (SSSR count). The Morgan fingerprint density at radius 3 is 2.08 bits per heavy atom. The molecule has 1 aliphatic rings. The summed E-state index contributed by atoms with van der Waals surface area (Å²) in [4.78, 5) is 27.8. The smallest absolute Gasteiger partial charge is 0.251 e. The van der Waals surface area contributed by atoms with Crippen molar-refractivity contribution in [2.45, 2.75) is 51.0 Å². The van der Waals surface area contributed by atoms with Gasteiger partial charge in [0.05, 0.1) is 6.26 Å². The number of hydrogen-bond acceptors (Lipinski definition) is 5. The van der Waals surface area contributed by atoms with E-state index in [9.17, 15) is 26.8 Å². The second-order valence-corrected chi connectivity index (χ2v) is 12.2.